The molecular formula is C18H21N3O. The van der Waals surface area contributed by atoms with Crippen LogP contribution in [0.5, 0.6) is 0 Å². The van der Waals surface area contributed by atoms with Crippen LogP contribution in [-0.4, -0.2) is 23.3 Å². The van der Waals surface area contributed by atoms with Crippen LogP contribution in [0.3, 0.4) is 0 Å². The number of hydrogen-bond donors (Lipinski definition) is 1. The van der Waals surface area contributed by atoms with Gasteiger partial charge in [0.05, 0.1) is 5.69 Å². The summed E-state index contributed by atoms with van der Waals surface area (Å²) in [6.45, 7) is 2.32. The van der Waals surface area contributed by atoms with E-state index in [0.717, 1.165) is 50.0 Å². The van der Waals surface area contributed by atoms with E-state index in [4.69, 9.17) is 0 Å². The first-order valence-corrected chi connectivity index (χ1v) is 8.24. The molecule has 1 aromatic heterocycles. The third kappa shape index (κ3) is 2.43. The molecule has 0 amide bonds. The highest BCUT2D eigenvalue weighted by Crippen LogP contribution is 2.25. The second-order valence-corrected chi connectivity index (χ2v) is 6.35. The summed E-state index contributed by atoms with van der Waals surface area (Å²) in [5.41, 5.74) is 5.81. The molecule has 2 aromatic rings. The summed E-state index contributed by atoms with van der Waals surface area (Å²) in [6.07, 6.45) is 6.27. The van der Waals surface area contributed by atoms with Crippen LogP contribution in [0, 0.1) is 0 Å². The van der Waals surface area contributed by atoms with Gasteiger partial charge in [0.1, 0.15) is 0 Å². The zero-order chi connectivity index (χ0) is 14.9. The van der Waals surface area contributed by atoms with Crippen LogP contribution >= 0.6 is 0 Å². The van der Waals surface area contributed by atoms with Gasteiger partial charge >= 0.3 is 0 Å². The monoisotopic (exact) mass is 295 g/mol. The van der Waals surface area contributed by atoms with Crippen LogP contribution in [0.15, 0.2) is 29.1 Å². The largest absolute Gasteiger partial charge is 0.371 e. The van der Waals surface area contributed by atoms with Crippen molar-refractivity contribution in [2.24, 2.45) is 0 Å². The topological polar surface area (TPSA) is 49.0 Å². The lowest BCUT2D eigenvalue weighted by atomic mass is 9.90. The van der Waals surface area contributed by atoms with E-state index < -0.39 is 0 Å². The second-order valence-electron chi connectivity index (χ2n) is 6.35. The average Bonchev–Trinajstić information content (AvgIpc) is 2.49. The van der Waals surface area contributed by atoms with Gasteiger partial charge in [0.25, 0.3) is 5.56 Å². The van der Waals surface area contributed by atoms with Crippen molar-refractivity contribution in [2.45, 2.75) is 38.5 Å². The van der Waals surface area contributed by atoms with Crippen molar-refractivity contribution in [3.05, 3.63) is 57.0 Å². The fraction of sp³-hybridized carbons (Fsp3) is 0.444. The van der Waals surface area contributed by atoms with Crippen LogP contribution in [0.4, 0.5) is 5.69 Å². The molecule has 0 atom stereocenters. The highest BCUT2D eigenvalue weighted by molar-refractivity contribution is 5.51. The van der Waals surface area contributed by atoms with Crippen molar-refractivity contribution in [3.8, 4) is 0 Å². The van der Waals surface area contributed by atoms with Crippen molar-refractivity contribution in [3.63, 3.8) is 0 Å². The lowest BCUT2D eigenvalue weighted by molar-refractivity contribution is 0.617. The van der Waals surface area contributed by atoms with Gasteiger partial charge in [0.2, 0.25) is 0 Å². The highest BCUT2D eigenvalue weighted by Gasteiger charge is 2.19. The molecular weight excluding hydrogens is 274 g/mol. The molecule has 2 heterocycles. The number of H-pyrrole nitrogens is 1. The predicted octanol–water partition coefficient (Wildman–Crippen LogP) is 2.45. The van der Waals surface area contributed by atoms with Gasteiger partial charge in [-0.3, -0.25) is 4.79 Å². The average molecular weight is 295 g/mol. The number of nitrogens with zero attached hydrogens (tertiary/aromatic N) is 2. The number of rotatable bonds is 3. The third-order valence-electron chi connectivity index (χ3n) is 4.89. The molecule has 1 aromatic carbocycles. The smallest absolute Gasteiger partial charge is 0.267 e. The minimum atomic E-state index is 0.00720. The Morgan fingerprint density at radius 3 is 2.68 bits per heavy atom. The number of fused-ring (bicyclic) bond motifs is 1. The van der Waals surface area contributed by atoms with Gasteiger partial charge in [-0.2, -0.15) is 5.10 Å². The molecule has 1 saturated heterocycles. The lowest BCUT2D eigenvalue weighted by Gasteiger charge is -2.33. The summed E-state index contributed by atoms with van der Waals surface area (Å²) in [7, 11) is 0. The van der Waals surface area contributed by atoms with E-state index in [0.29, 0.717) is 0 Å². The maximum atomic E-state index is 11.9. The Labute approximate surface area is 130 Å². The summed E-state index contributed by atoms with van der Waals surface area (Å²) in [5, 5.41) is 7.04. The van der Waals surface area contributed by atoms with Crippen LogP contribution in [0.25, 0.3) is 0 Å². The SMILES string of the molecule is O=c1[nH]nc(Cc2cccc(N3CCC3)c2)c2c1CCCC2. The molecule has 1 aliphatic carbocycles. The first-order valence-electron chi connectivity index (χ1n) is 8.24. The van der Waals surface area contributed by atoms with Crippen molar-refractivity contribution < 1.29 is 0 Å². The Morgan fingerprint density at radius 1 is 1.09 bits per heavy atom. The first kappa shape index (κ1) is 13.6. The van der Waals surface area contributed by atoms with Gasteiger partial charge in [-0.1, -0.05) is 12.1 Å². The van der Waals surface area contributed by atoms with Gasteiger partial charge < -0.3 is 4.90 Å². The summed E-state index contributed by atoms with van der Waals surface area (Å²) in [5.74, 6) is 0. The maximum absolute atomic E-state index is 11.9. The van der Waals surface area contributed by atoms with Crippen LogP contribution in [0.2, 0.25) is 0 Å². The van der Waals surface area contributed by atoms with Gasteiger partial charge in [-0.15, -0.1) is 0 Å². The van der Waals surface area contributed by atoms with E-state index in [1.165, 1.54) is 29.7 Å². The molecule has 0 radical (unpaired) electrons. The van der Waals surface area contributed by atoms with E-state index in [1.54, 1.807) is 0 Å². The van der Waals surface area contributed by atoms with E-state index in [9.17, 15) is 4.79 Å². The van der Waals surface area contributed by atoms with E-state index in [-0.39, 0.29) is 5.56 Å². The van der Waals surface area contributed by atoms with E-state index in [2.05, 4.69) is 39.4 Å². The molecule has 1 fully saturated rings. The number of nitrogens with one attached hydrogen (secondary N) is 1. The first-order chi connectivity index (χ1) is 10.8. The molecule has 1 N–H and O–H groups in total. The molecule has 22 heavy (non-hydrogen) atoms. The molecule has 4 nitrogen and oxygen atoms in total. The Bertz CT molecular complexity index is 746. The minimum Gasteiger partial charge on any atom is -0.371 e. The number of hydrogen-bond acceptors (Lipinski definition) is 3. The highest BCUT2D eigenvalue weighted by atomic mass is 16.1. The predicted molar refractivity (Wildman–Crippen MR) is 87.6 cm³/mol. The van der Waals surface area contributed by atoms with Gasteiger partial charge in [0.15, 0.2) is 0 Å². The molecule has 0 unspecified atom stereocenters. The Kier molecular flexibility index (Phi) is 3.45. The van der Waals surface area contributed by atoms with E-state index >= 15 is 0 Å². The number of aromatic amines is 1. The fourth-order valence-electron chi connectivity index (χ4n) is 3.50. The van der Waals surface area contributed by atoms with Crippen molar-refractivity contribution >= 4 is 5.69 Å². The van der Waals surface area contributed by atoms with Gasteiger partial charge in [-0.25, -0.2) is 5.10 Å². The summed E-state index contributed by atoms with van der Waals surface area (Å²) in [6, 6.07) is 8.73. The van der Waals surface area contributed by atoms with E-state index in [1.807, 2.05) is 0 Å². The summed E-state index contributed by atoms with van der Waals surface area (Å²) in [4.78, 5) is 14.3. The molecule has 114 valence electrons. The Hall–Kier alpha value is -2.10. The molecule has 4 heteroatoms. The van der Waals surface area contributed by atoms with Crippen molar-refractivity contribution in [2.75, 3.05) is 18.0 Å². The Morgan fingerprint density at radius 2 is 1.91 bits per heavy atom. The number of anilines is 1. The van der Waals surface area contributed by atoms with Gasteiger partial charge in [-0.05, 0) is 55.4 Å². The van der Waals surface area contributed by atoms with Crippen LogP contribution < -0.4 is 10.5 Å². The normalized spacial score (nSPS) is 17.0. The third-order valence-corrected chi connectivity index (χ3v) is 4.89. The molecule has 4 rings (SSSR count). The standard InChI is InChI=1S/C18H21N3O/c22-18-16-8-2-1-7-15(16)17(19-20-18)12-13-5-3-6-14(11-13)21-9-4-10-21/h3,5-6,11H,1-2,4,7-10,12H2,(H,20,22). The molecule has 2 aliphatic rings. The molecule has 1 aliphatic heterocycles. The summed E-state index contributed by atoms with van der Waals surface area (Å²) >= 11 is 0. The fourth-order valence-corrected chi connectivity index (χ4v) is 3.50. The molecule has 0 spiro atoms. The Balaban J connectivity index is 1.65. The van der Waals surface area contributed by atoms with Crippen molar-refractivity contribution in [1.82, 2.24) is 10.2 Å². The lowest BCUT2D eigenvalue weighted by Crippen LogP contribution is -2.36. The maximum Gasteiger partial charge on any atom is 0.267 e. The second kappa shape index (κ2) is 5.59. The number of aromatic nitrogens is 2. The summed E-state index contributed by atoms with van der Waals surface area (Å²) < 4.78 is 0. The van der Waals surface area contributed by atoms with Gasteiger partial charge in [0, 0.05) is 30.8 Å². The zero-order valence-electron chi connectivity index (χ0n) is 12.8. The van der Waals surface area contributed by atoms with Crippen molar-refractivity contribution in [1.29, 1.82) is 0 Å². The zero-order valence-corrected chi connectivity index (χ0v) is 12.8. The molecule has 0 saturated carbocycles. The number of benzene rings is 1. The van der Waals surface area contributed by atoms with Crippen LogP contribution in [-0.2, 0) is 19.3 Å². The minimum absolute atomic E-state index is 0.00720. The molecule has 0 bridgehead atoms. The van der Waals surface area contributed by atoms with Crippen LogP contribution in [0.1, 0.15) is 41.6 Å². The quantitative estimate of drug-likeness (QED) is 0.946.